The molecule has 7 heteroatoms. The molecule has 0 aromatic heterocycles. The highest BCUT2D eigenvalue weighted by atomic mass is 32.2. The number of carbonyl (C=O) groups excluding carboxylic acids is 1. The normalized spacial score (nSPS) is 15.1. The van der Waals surface area contributed by atoms with E-state index in [4.69, 9.17) is 9.47 Å². The Bertz CT molecular complexity index is 944. The van der Waals surface area contributed by atoms with Gasteiger partial charge in [-0.3, -0.25) is 9.59 Å². The molecule has 0 aliphatic heterocycles. The van der Waals surface area contributed by atoms with Crippen LogP contribution in [0.25, 0.3) is 11.1 Å². The van der Waals surface area contributed by atoms with Crippen molar-refractivity contribution in [3.05, 3.63) is 45.6 Å². The van der Waals surface area contributed by atoms with E-state index in [0.29, 0.717) is 29.9 Å². The Hall–Kier alpha value is -2.67. The van der Waals surface area contributed by atoms with Gasteiger partial charge in [-0.2, -0.15) is 0 Å². The summed E-state index contributed by atoms with van der Waals surface area (Å²) < 4.78 is 10.9. The average molecular weight is 387 g/mol. The van der Waals surface area contributed by atoms with Crippen molar-refractivity contribution in [2.45, 2.75) is 23.8 Å². The lowest BCUT2D eigenvalue weighted by atomic mass is 9.95. The van der Waals surface area contributed by atoms with Gasteiger partial charge in [0.15, 0.2) is 16.9 Å². The summed E-state index contributed by atoms with van der Waals surface area (Å²) >= 11 is 1.37. The number of hydrogen-bond donors (Lipinski definition) is 2. The van der Waals surface area contributed by atoms with E-state index in [1.165, 1.54) is 26.0 Å². The van der Waals surface area contributed by atoms with E-state index in [0.717, 1.165) is 22.3 Å². The van der Waals surface area contributed by atoms with Gasteiger partial charge in [-0.05, 0) is 54.0 Å². The zero-order chi connectivity index (χ0) is 19.6. The zero-order valence-corrected chi connectivity index (χ0v) is 16.2. The molecule has 0 bridgehead atoms. The summed E-state index contributed by atoms with van der Waals surface area (Å²) in [6.07, 6.45) is 3.67. The van der Waals surface area contributed by atoms with E-state index in [9.17, 15) is 14.7 Å². The first-order valence-electron chi connectivity index (χ1n) is 8.44. The molecule has 0 saturated heterocycles. The van der Waals surface area contributed by atoms with Crippen molar-refractivity contribution in [1.29, 1.82) is 0 Å². The molecule has 0 fully saturated rings. The number of hydrogen-bond acceptors (Lipinski definition) is 6. The minimum Gasteiger partial charge on any atom is -0.504 e. The predicted molar refractivity (Wildman–Crippen MR) is 105 cm³/mol. The molecule has 0 spiro atoms. The van der Waals surface area contributed by atoms with Gasteiger partial charge in [0.05, 0.1) is 25.2 Å². The van der Waals surface area contributed by atoms with Crippen molar-refractivity contribution in [2.75, 3.05) is 20.5 Å². The van der Waals surface area contributed by atoms with Gasteiger partial charge in [-0.1, -0.05) is 6.07 Å². The molecule has 2 aromatic carbocycles. The summed E-state index contributed by atoms with van der Waals surface area (Å²) in [5.74, 6) is 0.638. The largest absolute Gasteiger partial charge is 0.504 e. The number of fused-ring (bicyclic) bond motifs is 3. The number of rotatable bonds is 5. The molecular formula is C20H21NO5S. The van der Waals surface area contributed by atoms with Gasteiger partial charge in [0.2, 0.25) is 12.2 Å². The van der Waals surface area contributed by atoms with Crippen molar-refractivity contribution < 1.29 is 19.4 Å². The first-order chi connectivity index (χ1) is 13.0. The molecule has 1 aliphatic rings. The second-order valence-corrected chi connectivity index (χ2v) is 7.00. The number of amides is 1. The summed E-state index contributed by atoms with van der Waals surface area (Å²) in [6, 6.07) is 6.56. The maximum absolute atomic E-state index is 12.6. The van der Waals surface area contributed by atoms with Crippen LogP contribution in [0.5, 0.6) is 17.2 Å². The molecule has 1 atom stereocenters. The van der Waals surface area contributed by atoms with Crippen LogP contribution in [0.4, 0.5) is 0 Å². The number of nitrogens with one attached hydrogen (secondary N) is 1. The molecule has 0 saturated carbocycles. The van der Waals surface area contributed by atoms with Crippen LogP contribution in [0, 0.1) is 0 Å². The Balaban J connectivity index is 2.43. The van der Waals surface area contributed by atoms with Crippen LogP contribution in [0.3, 0.4) is 0 Å². The van der Waals surface area contributed by atoms with Crippen LogP contribution in [0.15, 0.2) is 34.0 Å². The highest BCUT2D eigenvalue weighted by Crippen LogP contribution is 2.49. The van der Waals surface area contributed by atoms with E-state index in [1.807, 2.05) is 12.3 Å². The molecule has 2 N–H and O–H groups in total. The smallest absolute Gasteiger partial charge is 0.207 e. The van der Waals surface area contributed by atoms with E-state index >= 15 is 0 Å². The first-order valence-corrected chi connectivity index (χ1v) is 9.67. The zero-order valence-electron chi connectivity index (χ0n) is 15.4. The number of carbonyl (C=O) groups is 1. The number of ether oxygens (including phenoxy) is 2. The number of aromatic hydroxyl groups is 1. The van der Waals surface area contributed by atoms with Crippen LogP contribution >= 0.6 is 11.8 Å². The molecule has 0 heterocycles. The summed E-state index contributed by atoms with van der Waals surface area (Å²) in [5, 5.41) is 13.1. The summed E-state index contributed by atoms with van der Waals surface area (Å²) in [4.78, 5) is 24.4. The SMILES string of the molecule is COc1c(O)cc2c(c1OC)-c1ccc(SC)c(=O)cc1C(NC=O)CC2. The lowest BCUT2D eigenvalue weighted by Crippen LogP contribution is -2.20. The first kappa shape index (κ1) is 19.1. The van der Waals surface area contributed by atoms with Gasteiger partial charge >= 0.3 is 0 Å². The average Bonchev–Trinajstić information content (AvgIpc) is 2.90. The standard InChI is InChI=1S/C20H21NO5S/c1-25-19-16(24)8-11-4-6-14(21-10-22)13-9-15(23)17(27-3)7-5-12(13)18(11)20(19)26-2/h5,7-10,14,24H,4,6H2,1-3H3,(H,21,22). The van der Waals surface area contributed by atoms with Crippen LogP contribution < -0.4 is 20.2 Å². The van der Waals surface area contributed by atoms with Gasteiger partial charge < -0.3 is 19.9 Å². The molecule has 0 radical (unpaired) electrons. The summed E-state index contributed by atoms with van der Waals surface area (Å²) in [5.41, 5.74) is 3.02. The van der Waals surface area contributed by atoms with Gasteiger partial charge in [0, 0.05) is 5.56 Å². The third-order valence-electron chi connectivity index (χ3n) is 4.78. The molecule has 142 valence electrons. The number of aryl methyl sites for hydroxylation is 1. The second-order valence-electron chi connectivity index (χ2n) is 6.15. The molecular weight excluding hydrogens is 366 g/mol. The molecule has 1 amide bonds. The number of phenols is 1. The third kappa shape index (κ3) is 3.35. The Morgan fingerprint density at radius 1 is 1.22 bits per heavy atom. The highest BCUT2D eigenvalue weighted by molar-refractivity contribution is 7.98. The number of thioether (sulfide) groups is 1. The second kappa shape index (κ2) is 7.92. The van der Waals surface area contributed by atoms with Gasteiger partial charge in [0.1, 0.15) is 0 Å². The maximum atomic E-state index is 12.6. The lowest BCUT2D eigenvalue weighted by Gasteiger charge is -2.18. The van der Waals surface area contributed by atoms with Gasteiger partial charge in [-0.25, -0.2) is 0 Å². The van der Waals surface area contributed by atoms with E-state index in [2.05, 4.69) is 5.32 Å². The Labute approximate surface area is 161 Å². The monoisotopic (exact) mass is 387 g/mol. The summed E-state index contributed by atoms with van der Waals surface area (Å²) in [7, 11) is 2.98. The Morgan fingerprint density at radius 3 is 2.59 bits per heavy atom. The Morgan fingerprint density at radius 2 is 1.96 bits per heavy atom. The van der Waals surface area contributed by atoms with E-state index in [1.54, 1.807) is 18.2 Å². The minimum absolute atomic E-state index is 0.00827. The fourth-order valence-corrected chi connectivity index (χ4v) is 4.05. The molecule has 1 aliphatic carbocycles. The van der Waals surface area contributed by atoms with Crippen LogP contribution in [0.2, 0.25) is 0 Å². The molecule has 2 aromatic rings. The van der Waals surface area contributed by atoms with Crippen LogP contribution in [-0.4, -0.2) is 32.0 Å². The number of methoxy groups -OCH3 is 2. The topological polar surface area (TPSA) is 84.9 Å². The third-order valence-corrected chi connectivity index (χ3v) is 5.56. The molecule has 3 rings (SSSR count). The van der Waals surface area contributed by atoms with E-state index < -0.39 is 0 Å². The predicted octanol–water partition coefficient (Wildman–Crippen LogP) is 2.89. The number of benzene rings is 1. The van der Waals surface area contributed by atoms with Crippen LogP contribution in [0.1, 0.15) is 23.6 Å². The quantitative estimate of drug-likeness (QED) is 0.606. The van der Waals surface area contributed by atoms with Crippen molar-refractivity contribution >= 4 is 18.2 Å². The number of phenolic OH excluding ortho intramolecular Hbond substituents is 1. The van der Waals surface area contributed by atoms with Crippen LogP contribution in [-0.2, 0) is 11.2 Å². The summed E-state index contributed by atoms with van der Waals surface area (Å²) in [6.45, 7) is 0. The van der Waals surface area contributed by atoms with Crippen molar-refractivity contribution in [3.63, 3.8) is 0 Å². The highest BCUT2D eigenvalue weighted by Gasteiger charge is 2.28. The fraction of sp³-hybridized carbons (Fsp3) is 0.300. The molecule has 1 unspecified atom stereocenters. The van der Waals surface area contributed by atoms with Crippen molar-refractivity contribution in [3.8, 4) is 28.4 Å². The fourth-order valence-electron chi connectivity index (χ4n) is 3.59. The molecule has 6 nitrogen and oxygen atoms in total. The molecule has 27 heavy (non-hydrogen) atoms. The minimum atomic E-state index is -0.322. The maximum Gasteiger partial charge on any atom is 0.207 e. The van der Waals surface area contributed by atoms with E-state index in [-0.39, 0.29) is 23.0 Å². The van der Waals surface area contributed by atoms with Crippen molar-refractivity contribution in [1.82, 2.24) is 5.32 Å². The van der Waals surface area contributed by atoms with Gasteiger partial charge in [-0.15, -0.1) is 11.8 Å². The van der Waals surface area contributed by atoms with Crippen molar-refractivity contribution in [2.24, 2.45) is 0 Å². The Kier molecular flexibility index (Phi) is 5.60. The lowest BCUT2D eigenvalue weighted by molar-refractivity contribution is -0.110. The van der Waals surface area contributed by atoms with Gasteiger partial charge in [0.25, 0.3) is 0 Å².